The van der Waals surface area contributed by atoms with E-state index in [1.54, 1.807) is 37.2 Å². The van der Waals surface area contributed by atoms with Crippen LogP contribution in [-0.2, 0) is 19.6 Å². The van der Waals surface area contributed by atoms with Gasteiger partial charge in [-0.15, -0.1) is 0 Å². The summed E-state index contributed by atoms with van der Waals surface area (Å²) in [4.78, 5) is 27.8. The van der Waals surface area contributed by atoms with Crippen LogP contribution in [0.5, 0.6) is 5.75 Å². The fraction of sp³-hybridized carbons (Fsp3) is 0.579. The summed E-state index contributed by atoms with van der Waals surface area (Å²) in [5, 5.41) is 0. The molecule has 2 heterocycles. The monoisotopic (exact) mass is 409 g/mol. The molecule has 1 aromatic carbocycles. The SMILES string of the molecule is CCC(=O)N1CC[C@@H]2[C@@H](CC1)Oc1ccccc1S(=O)(=O)N2CC(=O)N(C)C. The molecule has 0 aliphatic carbocycles. The molecular formula is C19H27N3O5S. The van der Waals surface area contributed by atoms with Crippen molar-refractivity contribution in [3.05, 3.63) is 24.3 Å². The van der Waals surface area contributed by atoms with E-state index in [9.17, 15) is 18.0 Å². The van der Waals surface area contributed by atoms with Gasteiger partial charge in [-0.25, -0.2) is 8.42 Å². The van der Waals surface area contributed by atoms with Crippen molar-refractivity contribution in [2.45, 2.75) is 43.2 Å². The predicted octanol–water partition coefficient (Wildman–Crippen LogP) is 0.928. The van der Waals surface area contributed by atoms with Gasteiger partial charge >= 0.3 is 0 Å². The van der Waals surface area contributed by atoms with Crippen LogP contribution in [0.2, 0.25) is 0 Å². The maximum Gasteiger partial charge on any atom is 0.247 e. The number of rotatable bonds is 3. The molecule has 0 spiro atoms. The molecule has 2 aliphatic rings. The largest absolute Gasteiger partial charge is 0.487 e. The first kappa shape index (κ1) is 20.6. The Morgan fingerprint density at radius 2 is 1.86 bits per heavy atom. The van der Waals surface area contributed by atoms with Crippen LogP contribution in [-0.4, -0.2) is 80.2 Å². The van der Waals surface area contributed by atoms with Gasteiger partial charge in [-0.05, 0) is 18.6 Å². The number of sulfonamides is 1. The lowest BCUT2D eigenvalue weighted by Gasteiger charge is -2.31. The minimum atomic E-state index is -3.92. The number of nitrogens with zero attached hydrogens (tertiary/aromatic N) is 3. The zero-order chi connectivity index (χ0) is 20.5. The highest BCUT2D eigenvalue weighted by Gasteiger charge is 2.44. The number of benzene rings is 1. The summed E-state index contributed by atoms with van der Waals surface area (Å²) in [7, 11) is -0.719. The normalized spacial score (nSPS) is 24.2. The third-order valence-corrected chi connectivity index (χ3v) is 7.25. The fourth-order valence-corrected chi connectivity index (χ4v) is 5.46. The van der Waals surface area contributed by atoms with E-state index >= 15 is 0 Å². The molecule has 28 heavy (non-hydrogen) atoms. The molecule has 0 N–H and O–H groups in total. The first-order valence-corrected chi connectivity index (χ1v) is 10.9. The van der Waals surface area contributed by atoms with E-state index in [2.05, 4.69) is 0 Å². The average Bonchev–Trinajstić information content (AvgIpc) is 2.91. The molecule has 0 saturated carbocycles. The maximum absolute atomic E-state index is 13.4. The highest BCUT2D eigenvalue weighted by atomic mass is 32.2. The van der Waals surface area contributed by atoms with E-state index in [0.29, 0.717) is 38.1 Å². The van der Waals surface area contributed by atoms with Gasteiger partial charge < -0.3 is 14.5 Å². The number of likely N-dealkylation sites (N-methyl/N-ethyl adjacent to an activating group) is 1. The second-order valence-electron chi connectivity index (χ2n) is 7.32. The quantitative estimate of drug-likeness (QED) is 0.741. The second-order valence-corrected chi connectivity index (χ2v) is 9.18. The molecule has 0 unspecified atom stereocenters. The van der Waals surface area contributed by atoms with Crippen LogP contribution in [0.25, 0.3) is 0 Å². The van der Waals surface area contributed by atoms with Gasteiger partial charge in [-0.2, -0.15) is 4.31 Å². The summed E-state index contributed by atoms with van der Waals surface area (Å²) in [6.07, 6.45) is 0.903. The average molecular weight is 410 g/mol. The third kappa shape index (κ3) is 3.86. The molecule has 8 nitrogen and oxygen atoms in total. The van der Waals surface area contributed by atoms with Crippen LogP contribution >= 0.6 is 0 Å². The van der Waals surface area contributed by atoms with Crippen LogP contribution in [0.4, 0.5) is 0 Å². The summed E-state index contributed by atoms with van der Waals surface area (Å²) in [5.74, 6) is 0.0376. The second kappa shape index (κ2) is 8.08. The third-order valence-electron chi connectivity index (χ3n) is 5.34. The van der Waals surface area contributed by atoms with Crippen LogP contribution in [0.1, 0.15) is 26.2 Å². The number of para-hydroxylation sites is 1. The minimum Gasteiger partial charge on any atom is -0.487 e. The standard InChI is InChI=1S/C19H27N3O5S/c1-4-18(23)21-11-9-14-15(10-12-21)27-16-7-5-6-8-17(16)28(25,26)22(14)13-19(24)20(2)3/h5-8,14-15H,4,9-13H2,1-3H3/t14-,15-/m1/s1. The molecule has 9 heteroatoms. The first-order chi connectivity index (χ1) is 13.3. The summed E-state index contributed by atoms with van der Waals surface area (Å²) in [6, 6.07) is 6.01. The van der Waals surface area contributed by atoms with E-state index in [4.69, 9.17) is 4.74 Å². The molecule has 1 aromatic rings. The van der Waals surface area contributed by atoms with Gasteiger partial charge in [0.05, 0.1) is 12.6 Å². The number of fused-ring (bicyclic) bond motifs is 2. The Bertz CT molecular complexity index is 855. The molecule has 154 valence electrons. The zero-order valence-electron chi connectivity index (χ0n) is 16.5. The van der Waals surface area contributed by atoms with Crippen LogP contribution in [0.3, 0.4) is 0 Å². The van der Waals surface area contributed by atoms with Gasteiger partial charge in [0.1, 0.15) is 16.7 Å². The van der Waals surface area contributed by atoms with Crippen LogP contribution in [0, 0.1) is 0 Å². The Balaban J connectivity index is 2.03. The number of hydrogen-bond donors (Lipinski definition) is 0. The summed E-state index contributed by atoms with van der Waals surface area (Å²) in [6.45, 7) is 2.50. The van der Waals surface area contributed by atoms with Gasteiger partial charge in [0.15, 0.2) is 0 Å². The first-order valence-electron chi connectivity index (χ1n) is 9.51. The molecule has 1 saturated heterocycles. The molecule has 2 amide bonds. The molecule has 2 atom stereocenters. The van der Waals surface area contributed by atoms with Crippen molar-refractivity contribution < 1.29 is 22.7 Å². The molecule has 0 aromatic heterocycles. The highest BCUT2D eigenvalue weighted by Crippen LogP contribution is 2.36. The number of carbonyl (C=O) groups excluding carboxylic acids is 2. The molecule has 2 aliphatic heterocycles. The van der Waals surface area contributed by atoms with E-state index < -0.39 is 22.2 Å². The molecule has 0 bridgehead atoms. The molecule has 3 rings (SSSR count). The van der Waals surface area contributed by atoms with Crippen molar-refractivity contribution >= 4 is 21.8 Å². The summed E-state index contributed by atoms with van der Waals surface area (Å²) in [5.41, 5.74) is 0. The smallest absolute Gasteiger partial charge is 0.247 e. The Hall–Kier alpha value is -2.13. The highest BCUT2D eigenvalue weighted by molar-refractivity contribution is 7.89. The minimum absolute atomic E-state index is 0.0376. The van der Waals surface area contributed by atoms with Crippen molar-refractivity contribution in [2.24, 2.45) is 0 Å². The lowest BCUT2D eigenvalue weighted by atomic mass is 10.1. The van der Waals surface area contributed by atoms with E-state index in [1.165, 1.54) is 15.3 Å². The lowest BCUT2D eigenvalue weighted by Crippen LogP contribution is -2.50. The maximum atomic E-state index is 13.4. The topological polar surface area (TPSA) is 87.2 Å². The van der Waals surface area contributed by atoms with Crippen molar-refractivity contribution in [2.75, 3.05) is 33.7 Å². The number of hydrogen-bond acceptors (Lipinski definition) is 5. The Labute approximate surface area is 166 Å². The fourth-order valence-electron chi connectivity index (χ4n) is 3.71. The Kier molecular flexibility index (Phi) is 5.95. The molecule has 0 radical (unpaired) electrons. The number of ether oxygens (including phenoxy) is 1. The van der Waals surface area contributed by atoms with E-state index in [0.717, 1.165) is 0 Å². The van der Waals surface area contributed by atoms with Gasteiger partial charge in [-0.3, -0.25) is 9.59 Å². The number of amides is 2. The number of likely N-dealkylation sites (tertiary alicyclic amines) is 1. The summed E-state index contributed by atoms with van der Waals surface area (Å²) >= 11 is 0. The van der Waals surface area contributed by atoms with Crippen molar-refractivity contribution in [3.63, 3.8) is 0 Å². The lowest BCUT2D eigenvalue weighted by molar-refractivity contribution is -0.131. The molecular weight excluding hydrogens is 382 g/mol. The summed E-state index contributed by atoms with van der Waals surface area (Å²) < 4.78 is 34.2. The predicted molar refractivity (Wildman–Crippen MR) is 103 cm³/mol. The van der Waals surface area contributed by atoms with Crippen molar-refractivity contribution in [1.82, 2.24) is 14.1 Å². The van der Waals surface area contributed by atoms with Gasteiger partial charge in [0.25, 0.3) is 0 Å². The van der Waals surface area contributed by atoms with Gasteiger partial charge in [0, 0.05) is 40.0 Å². The van der Waals surface area contributed by atoms with Gasteiger partial charge in [0.2, 0.25) is 21.8 Å². The van der Waals surface area contributed by atoms with E-state index in [-0.39, 0.29) is 23.3 Å². The Morgan fingerprint density at radius 3 is 2.54 bits per heavy atom. The van der Waals surface area contributed by atoms with E-state index in [1.807, 2.05) is 6.92 Å². The number of carbonyl (C=O) groups is 2. The Morgan fingerprint density at radius 1 is 1.18 bits per heavy atom. The van der Waals surface area contributed by atoms with Crippen molar-refractivity contribution in [1.29, 1.82) is 0 Å². The van der Waals surface area contributed by atoms with Crippen LogP contribution in [0.15, 0.2) is 29.2 Å². The molecule has 1 fully saturated rings. The van der Waals surface area contributed by atoms with Crippen molar-refractivity contribution in [3.8, 4) is 5.75 Å². The van der Waals surface area contributed by atoms with Gasteiger partial charge in [-0.1, -0.05) is 19.1 Å². The van der Waals surface area contributed by atoms with Crippen LogP contribution < -0.4 is 4.74 Å². The zero-order valence-corrected chi connectivity index (χ0v) is 17.3.